The molecule has 0 atom stereocenters. The average molecular weight is 195 g/mol. The van der Waals surface area contributed by atoms with E-state index >= 15 is 0 Å². The number of aryl methyl sites for hydroxylation is 1. The molecular weight excluding hydrogens is 178 g/mol. The van der Waals surface area contributed by atoms with Gasteiger partial charge in [0.15, 0.2) is 5.82 Å². The van der Waals surface area contributed by atoms with Crippen molar-refractivity contribution in [1.82, 2.24) is 15.0 Å². The van der Waals surface area contributed by atoms with Crippen molar-refractivity contribution >= 4 is 0 Å². The molecule has 0 aliphatic carbocycles. The minimum Gasteiger partial charge on any atom is -0.340 e. The summed E-state index contributed by atoms with van der Waals surface area (Å²) in [6, 6.07) is 0. The lowest BCUT2D eigenvalue weighted by molar-refractivity contribution is 0.217. The maximum atomic E-state index is 5.00. The average Bonchev–Trinajstić information content (AvgIpc) is 2.65. The molecule has 0 saturated carbocycles. The molecule has 0 radical (unpaired) electrons. The summed E-state index contributed by atoms with van der Waals surface area (Å²) in [5, 5.41) is 3.99. The normalized spacial score (nSPS) is 20.1. The van der Waals surface area contributed by atoms with Crippen molar-refractivity contribution in [2.45, 2.75) is 32.6 Å². The standard InChI is InChI=1S/C10H17N3O/c1-3-13-6-4-9(5-7-13)10-11-8(2)14-12-10/h9H,3-7H2,1-2H3. The van der Waals surface area contributed by atoms with E-state index in [1.54, 1.807) is 0 Å². The summed E-state index contributed by atoms with van der Waals surface area (Å²) in [6.45, 7) is 7.53. The second-order valence-electron chi connectivity index (χ2n) is 3.88. The fraction of sp³-hybridized carbons (Fsp3) is 0.800. The van der Waals surface area contributed by atoms with Gasteiger partial charge >= 0.3 is 0 Å². The number of aromatic nitrogens is 2. The lowest BCUT2D eigenvalue weighted by Gasteiger charge is -2.29. The van der Waals surface area contributed by atoms with Gasteiger partial charge in [0.1, 0.15) is 0 Å². The molecule has 0 amide bonds. The van der Waals surface area contributed by atoms with E-state index in [0.717, 1.165) is 38.3 Å². The van der Waals surface area contributed by atoms with Gasteiger partial charge in [-0.1, -0.05) is 12.1 Å². The minimum atomic E-state index is 0.509. The zero-order valence-corrected chi connectivity index (χ0v) is 8.86. The highest BCUT2D eigenvalue weighted by Crippen LogP contribution is 2.25. The summed E-state index contributed by atoms with van der Waals surface area (Å²) >= 11 is 0. The second-order valence-corrected chi connectivity index (χ2v) is 3.88. The van der Waals surface area contributed by atoms with Crippen LogP contribution in [0.25, 0.3) is 0 Å². The van der Waals surface area contributed by atoms with Crippen LogP contribution in [-0.2, 0) is 0 Å². The summed E-state index contributed by atoms with van der Waals surface area (Å²) in [5.74, 6) is 2.09. The van der Waals surface area contributed by atoms with Crippen molar-refractivity contribution in [2.24, 2.45) is 0 Å². The Labute approximate surface area is 84.3 Å². The van der Waals surface area contributed by atoms with Crippen LogP contribution in [0.3, 0.4) is 0 Å². The maximum absolute atomic E-state index is 5.00. The van der Waals surface area contributed by atoms with Crippen LogP contribution in [0.15, 0.2) is 4.52 Å². The summed E-state index contributed by atoms with van der Waals surface area (Å²) in [5.41, 5.74) is 0. The lowest BCUT2D eigenvalue weighted by atomic mass is 9.96. The van der Waals surface area contributed by atoms with Crippen LogP contribution in [0.5, 0.6) is 0 Å². The first-order chi connectivity index (χ1) is 6.79. The monoisotopic (exact) mass is 195 g/mol. The molecule has 1 saturated heterocycles. The smallest absolute Gasteiger partial charge is 0.223 e. The zero-order chi connectivity index (χ0) is 9.97. The Morgan fingerprint density at radius 3 is 2.64 bits per heavy atom. The maximum Gasteiger partial charge on any atom is 0.223 e. The fourth-order valence-corrected chi connectivity index (χ4v) is 1.99. The summed E-state index contributed by atoms with van der Waals surface area (Å²) in [6.07, 6.45) is 2.32. The van der Waals surface area contributed by atoms with Crippen molar-refractivity contribution in [3.05, 3.63) is 11.7 Å². The number of nitrogens with zero attached hydrogens (tertiary/aromatic N) is 3. The molecular formula is C10H17N3O. The van der Waals surface area contributed by atoms with Gasteiger partial charge in [0.25, 0.3) is 0 Å². The third-order valence-corrected chi connectivity index (χ3v) is 2.94. The molecule has 1 aromatic heterocycles. The van der Waals surface area contributed by atoms with Crippen LogP contribution in [0.2, 0.25) is 0 Å². The van der Waals surface area contributed by atoms with Gasteiger partial charge < -0.3 is 9.42 Å². The van der Waals surface area contributed by atoms with Gasteiger partial charge in [-0.3, -0.25) is 0 Å². The van der Waals surface area contributed by atoms with Gasteiger partial charge in [-0.2, -0.15) is 4.98 Å². The predicted molar refractivity (Wildman–Crippen MR) is 53.1 cm³/mol. The van der Waals surface area contributed by atoms with Gasteiger partial charge in [0, 0.05) is 12.8 Å². The molecule has 0 aromatic carbocycles. The zero-order valence-electron chi connectivity index (χ0n) is 8.86. The van der Waals surface area contributed by atoms with E-state index in [9.17, 15) is 0 Å². The van der Waals surface area contributed by atoms with Crippen LogP contribution in [-0.4, -0.2) is 34.7 Å². The Hall–Kier alpha value is -0.900. The third kappa shape index (κ3) is 1.95. The number of rotatable bonds is 2. The van der Waals surface area contributed by atoms with Gasteiger partial charge in [-0.25, -0.2) is 0 Å². The highest BCUT2D eigenvalue weighted by Gasteiger charge is 2.23. The van der Waals surface area contributed by atoms with Crippen molar-refractivity contribution in [3.8, 4) is 0 Å². The molecule has 2 heterocycles. The molecule has 0 spiro atoms. The molecule has 0 unspecified atom stereocenters. The van der Waals surface area contributed by atoms with Crippen molar-refractivity contribution in [2.75, 3.05) is 19.6 Å². The van der Waals surface area contributed by atoms with Crippen LogP contribution in [0, 0.1) is 6.92 Å². The van der Waals surface area contributed by atoms with Crippen LogP contribution in [0.4, 0.5) is 0 Å². The molecule has 0 N–H and O–H groups in total. The second kappa shape index (κ2) is 4.09. The van der Waals surface area contributed by atoms with Gasteiger partial charge in [0.2, 0.25) is 5.89 Å². The van der Waals surface area contributed by atoms with E-state index in [0.29, 0.717) is 11.8 Å². The highest BCUT2D eigenvalue weighted by atomic mass is 16.5. The van der Waals surface area contributed by atoms with Crippen molar-refractivity contribution in [1.29, 1.82) is 0 Å². The van der Waals surface area contributed by atoms with Crippen LogP contribution >= 0.6 is 0 Å². The van der Waals surface area contributed by atoms with Gasteiger partial charge in [-0.05, 0) is 32.5 Å². The Bertz CT molecular complexity index is 289. The molecule has 14 heavy (non-hydrogen) atoms. The van der Waals surface area contributed by atoms with E-state index in [2.05, 4.69) is 22.0 Å². The van der Waals surface area contributed by atoms with E-state index in [1.807, 2.05) is 6.92 Å². The molecule has 1 aliphatic heterocycles. The van der Waals surface area contributed by atoms with Crippen molar-refractivity contribution < 1.29 is 4.52 Å². The molecule has 0 bridgehead atoms. The van der Waals surface area contributed by atoms with E-state index in [1.165, 1.54) is 0 Å². The largest absolute Gasteiger partial charge is 0.340 e. The minimum absolute atomic E-state index is 0.509. The Morgan fingerprint density at radius 2 is 2.14 bits per heavy atom. The van der Waals surface area contributed by atoms with Crippen LogP contribution in [0.1, 0.15) is 37.4 Å². The highest BCUT2D eigenvalue weighted by molar-refractivity contribution is 4.97. The van der Waals surface area contributed by atoms with Crippen LogP contribution < -0.4 is 0 Å². The molecule has 1 fully saturated rings. The first-order valence-electron chi connectivity index (χ1n) is 5.32. The quantitative estimate of drug-likeness (QED) is 0.718. The first kappa shape index (κ1) is 9.65. The van der Waals surface area contributed by atoms with Gasteiger partial charge in [-0.15, -0.1) is 0 Å². The molecule has 2 rings (SSSR count). The molecule has 1 aromatic rings. The first-order valence-corrected chi connectivity index (χ1v) is 5.32. The van der Waals surface area contributed by atoms with E-state index < -0.39 is 0 Å². The lowest BCUT2D eigenvalue weighted by Crippen LogP contribution is -2.32. The number of piperidine rings is 1. The Balaban J connectivity index is 1.95. The Morgan fingerprint density at radius 1 is 1.43 bits per heavy atom. The Kier molecular flexibility index (Phi) is 2.82. The molecule has 78 valence electrons. The number of likely N-dealkylation sites (tertiary alicyclic amines) is 1. The summed E-state index contributed by atoms with van der Waals surface area (Å²) < 4.78 is 5.00. The van der Waals surface area contributed by atoms with Crippen molar-refractivity contribution in [3.63, 3.8) is 0 Å². The molecule has 1 aliphatic rings. The predicted octanol–water partition coefficient (Wildman–Crippen LogP) is 1.58. The SMILES string of the molecule is CCN1CCC(c2noc(C)n2)CC1. The number of hydrogen-bond acceptors (Lipinski definition) is 4. The summed E-state index contributed by atoms with van der Waals surface area (Å²) in [4.78, 5) is 6.75. The topological polar surface area (TPSA) is 42.2 Å². The summed E-state index contributed by atoms with van der Waals surface area (Å²) in [7, 11) is 0. The third-order valence-electron chi connectivity index (χ3n) is 2.94. The molecule has 4 nitrogen and oxygen atoms in total. The molecule has 4 heteroatoms. The fourth-order valence-electron chi connectivity index (χ4n) is 1.99. The van der Waals surface area contributed by atoms with E-state index in [-0.39, 0.29) is 0 Å². The number of hydrogen-bond donors (Lipinski definition) is 0. The van der Waals surface area contributed by atoms with E-state index in [4.69, 9.17) is 4.52 Å². The van der Waals surface area contributed by atoms with Gasteiger partial charge in [0.05, 0.1) is 0 Å².